The molecule has 3 heteroatoms. The third-order valence-electron chi connectivity index (χ3n) is 1.45. The van der Waals surface area contributed by atoms with Gasteiger partial charge in [-0.05, 0) is 0 Å². The molecule has 0 heterocycles. The summed E-state index contributed by atoms with van der Waals surface area (Å²) in [4.78, 5) is 11.0. The van der Waals surface area contributed by atoms with Crippen LogP contribution in [0.4, 0.5) is 4.39 Å². The van der Waals surface area contributed by atoms with Crippen LogP contribution in [0.2, 0.25) is 0 Å². The third-order valence-corrected chi connectivity index (χ3v) is 1.45. The number of rotatable bonds is 2. The summed E-state index contributed by atoms with van der Waals surface area (Å²) in [5.41, 5.74) is 0.171. The fraction of sp³-hybridized carbons (Fsp3) is 0.222. The zero-order valence-electron chi connectivity index (χ0n) is 6.62. The van der Waals surface area contributed by atoms with Crippen LogP contribution in [0, 0.1) is 0 Å². The molecule has 1 aromatic carbocycles. The average Bonchev–Trinajstić information content (AvgIpc) is 2.03. The Morgan fingerprint density at radius 1 is 1.42 bits per heavy atom. The summed E-state index contributed by atoms with van der Waals surface area (Å²) in [6, 6.07) is 7.84. The van der Waals surface area contributed by atoms with E-state index in [1.807, 2.05) is 0 Å². The van der Waals surface area contributed by atoms with Gasteiger partial charge < -0.3 is 5.11 Å². The second kappa shape index (κ2) is 3.03. The van der Waals surface area contributed by atoms with E-state index in [4.69, 9.17) is 5.11 Å². The highest BCUT2D eigenvalue weighted by Gasteiger charge is 2.29. The Bertz CT molecular complexity index is 274. The standard InChI is InChI=1S/C9H9FO2/c1-9(10,12)8(11)7-5-3-2-4-6-7/h2-6,12H,1H3. The van der Waals surface area contributed by atoms with E-state index >= 15 is 0 Å². The number of carbonyl (C=O) groups is 1. The summed E-state index contributed by atoms with van der Waals surface area (Å²) in [6.45, 7) is 0.822. The molecule has 0 aliphatic carbocycles. The van der Waals surface area contributed by atoms with E-state index in [-0.39, 0.29) is 5.56 Å². The number of benzene rings is 1. The lowest BCUT2D eigenvalue weighted by molar-refractivity contribution is -0.0408. The highest BCUT2D eigenvalue weighted by atomic mass is 19.2. The molecule has 0 aliphatic heterocycles. The van der Waals surface area contributed by atoms with Crippen molar-refractivity contribution < 1.29 is 14.3 Å². The molecular formula is C9H9FO2. The van der Waals surface area contributed by atoms with Gasteiger partial charge >= 0.3 is 0 Å². The Balaban J connectivity index is 2.94. The molecule has 1 rings (SSSR count). The summed E-state index contributed by atoms with van der Waals surface area (Å²) in [5.74, 6) is -3.69. The van der Waals surface area contributed by atoms with Crippen LogP contribution < -0.4 is 0 Å². The van der Waals surface area contributed by atoms with Crippen molar-refractivity contribution in [3.63, 3.8) is 0 Å². The second-order valence-corrected chi connectivity index (χ2v) is 2.65. The van der Waals surface area contributed by atoms with Gasteiger partial charge in [-0.1, -0.05) is 30.3 Å². The van der Waals surface area contributed by atoms with Crippen molar-refractivity contribution in [1.82, 2.24) is 0 Å². The van der Waals surface area contributed by atoms with Gasteiger partial charge in [0.1, 0.15) is 0 Å². The van der Waals surface area contributed by atoms with Crippen molar-refractivity contribution in [1.29, 1.82) is 0 Å². The number of alkyl halides is 1. The molecular weight excluding hydrogens is 159 g/mol. The molecule has 0 saturated heterocycles. The molecule has 0 radical (unpaired) electrons. The molecule has 1 unspecified atom stereocenters. The molecule has 0 aromatic heterocycles. The lowest BCUT2D eigenvalue weighted by Crippen LogP contribution is -2.29. The molecule has 0 fully saturated rings. The molecule has 0 saturated carbocycles. The second-order valence-electron chi connectivity index (χ2n) is 2.65. The summed E-state index contributed by atoms with van der Waals surface area (Å²) in [6.07, 6.45) is 0. The van der Waals surface area contributed by atoms with Gasteiger partial charge in [0.2, 0.25) is 5.78 Å². The van der Waals surface area contributed by atoms with Gasteiger partial charge in [0.15, 0.2) is 0 Å². The Hall–Kier alpha value is -1.22. The lowest BCUT2D eigenvalue weighted by Gasteiger charge is -2.10. The van der Waals surface area contributed by atoms with Crippen LogP contribution in [-0.4, -0.2) is 16.7 Å². The minimum atomic E-state index is -2.78. The van der Waals surface area contributed by atoms with E-state index in [1.165, 1.54) is 12.1 Å². The fourth-order valence-corrected chi connectivity index (χ4v) is 0.853. The van der Waals surface area contributed by atoms with Gasteiger partial charge in [-0.25, -0.2) is 4.39 Å². The van der Waals surface area contributed by atoms with E-state index in [1.54, 1.807) is 18.2 Å². The highest BCUT2D eigenvalue weighted by Crippen LogP contribution is 2.13. The van der Waals surface area contributed by atoms with Gasteiger partial charge in [0.25, 0.3) is 5.85 Å². The van der Waals surface area contributed by atoms with Gasteiger partial charge in [-0.15, -0.1) is 0 Å². The van der Waals surface area contributed by atoms with Crippen LogP contribution in [0.1, 0.15) is 17.3 Å². The lowest BCUT2D eigenvalue weighted by atomic mass is 10.1. The van der Waals surface area contributed by atoms with Crippen LogP contribution >= 0.6 is 0 Å². The zero-order chi connectivity index (χ0) is 9.19. The number of carbonyl (C=O) groups excluding carboxylic acids is 1. The molecule has 64 valence electrons. The number of hydrogen-bond acceptors (Lipinski definition) is 2. The van der Waals surface area contributed by atoms with E-state index in [2.05, 4.69) is 0 Å². The summed E-state index contributed by atoms with van der Waals surface area (Å²) in [5, 5.41) is 8.72. The maximum atomic E-state index is 12.7. The van der Waals surface area contributed by atoms with Crippen LogP contribution in [-0.2, 0) is 0 Å². The molecule has 0 bridgehead atoms. The Morgan fingerprint density at radius 3 is 2.33 bits per heavy atom. The predicted octanol–water partition coefficient (Wildman–Crippen LogP) is 1.55. The molecule has 0 amide bonds. The van der Waals surface area contributed by atoms with Crippen LogP contribution in [0.25, 0.3) is 0 Å². The third kappa shape index (κ3) is 1.89. The van der Waals surface area contributed by atoms with Crippen molar-refractivity contribution >= 4 is 5.78 Å². The molecule has 0 spiro atoms. The number of halogens is 1. The quantitative estimate of drug-likeness (QED) is 0.680. The number of aliphatic hydroxyl groups is 1. The fourth-order valence-electron chi connectivity index (χ4n) is 0.853. The monoisotopic (exact) mass is 168 g/mol. The number of ketones is 1. The summed E-state index contributed by atoms with van der Waals surface area (Å²) < 4.78 is 12.7. The molecule has 1 aromatic rings. The van der Waals surface area contributed by atoms with Crippen molar-refractivity contribution in [2.75, 3.05) is 0 Å². The largest absolute Gasteiger partial charge is 0.356 e. The van der Waals surface area contributed by atoms with Gasteiger partial charge in [-0.2, -0.15) is 0 Å². The minimum Gasteiger partial charge on any atom is -0.356 e. The van der Waals surface area contributed by atoms with E-state index < -0.39 is 11.6 Å². The molecule has 0 aliphatic rings. The van der Waals surface area contributed by atoms with E-state index in [0.29, 0.717) is 0 Å². The van der Waals surface area contributed by atoms with E-state index in [0.717, 1.165) is 6.92 Å². The first-order chi connectivity index (χ1) is 5.52. The predicted molar refractivity (Wildman–Crippen MR) is 42.5 cm³/mol. The maximum Gasteiger partial charge on any atom is 0.267 e. The smallest absolute Gasteiger partial charge is 0.267 e. The van der Waals surface area contributed by atoms with Crippen LogP contribution in [0.15, 0.2) is 30.3 Å². The van der Waals surface area contributed by atoms with Gasteiger partial charge in [0, 0.05) is 12.5 Å². The van der Waals surface area contributed by atoms with Crippen molar-refractivity contribution in [2.24, 2.45) is 0 Å². The number of Topliss-reactive ketones (excluding diaryl/α,β-unsaturated/α-hetero) is 1. The molecule has 2 nitrogen and oxygen atoms in total. The number of hydrogen-bond donors (Lipinski definition) is 1. The van der Waals surface area contributed by atoms with Crippen molar-refractivity contribution in [2.45, 2.75) is 12.8 Å². The maximum absolute atomic E-state index is 12.7. The zero-order valence-corrected chi connectivity index (χ0v) is 6.62. The van der Waals surface area contributed by atoms with Crippen molar-refractivity contribution in [3.8, 4) is 0 Å². The Kier molecular flexibility index (Phi) is 2.24. The van der Waals surface area contributed by atoms with Crippen LogP contribution in [0.3, 0.4) is 0 Å². The minimum absolute atomic E-state index is 0.171. The van der Waals surface area contributed by atoms with Gasteiger partial charge in [0.05, 0.1) is 0 Å². The highest BCUT2D eigenvalue weighted by molar-refractivity contribution is 6.00. The molecule has 1 N–H and O–H groups in total. The molecule has 1 atom stereocenters. The van der Waals surface area contributed by atoms with Gasteiger partial charge in [-0.3, -0.25) is 4.79 Å². The SMILES string of the molecule is CC(O)(F)C(=O)c1ccccc1. The first kappa shape index (κ1) is 8.87. The molecule has 12 heavy (non-hydrogen) atoms. The Morgan fingerprint density at radius 2 is 1.92 bits per heavy atom. The van der Waals surface area contributed by atoms with E-state index in [9.17, 15) is 9.18 Å². The summed E-state index contributed by atoms with van der Waals surface area (Å²) >= 11 is 0. The normalized spacial score (nSPS) is 15.2. The topological polar surface area (TPSA) is 37.3 Å². The Labute approximate surface area is 69.6 Å². The first-order valence-electron chi connectivity index (χ1n) is 3.53. The average molecular weight is 168 g/mol. The summed E-state index contributed by atoms with van der Waals surface area (Å²) in [7, 11) is 0. The van der Waals surface area contributed by atoms with Crippen molar-refractivity contribution in [3.05, 3.63) is 35.9 Å². The first-order valence-corrected chi connectivity index (χ1v) is 3.53. The van der Waals surface area contributed by atoms with Crippen LogP contribution in [0.5, 0.6) is 0 Å².